The number of nitrogen functional groups attached to an aromatic ring is 1. The molecule has 2 aromatic heterocycles. The van der Waals surface area contributed by atoms with E-state index in [0.717, 1.165) is 5.56 Å². The maximum atomic E-state index is 12.3. The van der Waals surface area contributed by atoms with Crippen molar-refractivity contribution in [2.45, 2.75) is 37.5 Å². The molecule has 0 aliphatic carbocycles. The predicted molar refractivity (Wildman–Crippen MR) is 112 cm³/mol. The lowest BCUT2D eigenvalue weighted by Gasteiger charge is -2.27. The fourth-order valence-electron chi connectivity index (χ4n) is 3.50. The van der Waals surface area contributed by atoms with E-state index in [4.69, 9.17) is 15.0 Å². The number of hydrogen-bond acceptors (Lipinski definition) is 9. The highest BCUT2D eigenvalue weighted by atomic mass is 31.2. The summed E-state index contributed by atoms with van der Waals surface area (Å²) < 4.78 is 24.4. The maximum Gasteiger partial charge on any atom is 0.403 e. The predicted octanol–water partition coefficient (Wildman–Crippen LogP) is -0.382. The molecule has 3 aromatic rings. The third kappa shape index (κ3) is 4.32. The van der Waals surface area contributed by atoms with Crippen molar-refractivity contribution in [1.82, 2.24) is 24.6 Å². The number of aromatic nitrogens is 4. The van der Waals surface area contributed by atoms with Crippen molar-refractivity contribution in [2.24, 2.45) is 0 Å². The number of fused-ring (bicyclic) bond motifs is 1. The smallest absolute Gasteiger partial charge is 0.387 e. The van der Waals surface area contributed by atoms with E-state index in [1.54, 1.807) is 24.3 Å². The molecule has 1 aliphatic heterocycles. The molecule has 14 heteroatoms. The van der Waals surface area contributed by atoms with Crippen LogP contribution in [0.25, 0.3) is 11.2 Å². The third-order valence-corrected chi connectivity index (χ3v) is 6.25. The molecule has 0 spiro atoms. The van der Waals surface area contributed by atoms with Gasteiger partial charge in [-0.3, -0.25) is 18.9 Å². The largest absolute Gasteiger partial charge is 0.403 e. The number of rotatable bonds is 7. The Hall–Kier alpha value is -2.64. The SMILES string of the molecule is CC1(O)C(O)[C@@H](COP(=O)(O)NCc2ccccc2)O[C@H]1n1cnc2c(=O)[nH]c(N)nc21. The second-order valence-electron chi connectivity index (χ2n) is 7.61. The summed E-state index contributed by atoms with van der Waals surface area (Å²) in [5.41, 5.74) is 3.95. The zero-order valence-corrected chi connectivity index (χ0v) is 17.8. The number of anilines is 1. The summed E-state index contributed by atoms with van der Waals surface area (Å²) >= 11 is 0. The summed E-state index contributed by atoms with van der Waals surface area (Å²) in [6.07, 6.45) is -2.65. The Balaban J connectivity index is 1.48. The van der Waals surface area contributed by atoms with Crippen LogP contribution in [0.15, 0.2) is 41.5 Å². The van der Waals surface area contributed by atoms with Crippen molar-refractivity contribution in [2.75, 3.05) is 12.3 Å². The zero-order valence-electron chi connectivity index (χ0n) is 17.0. The summed E-state index contributed by atoms with van der Waals surface area (Å²) in [4.78, 5) is 32.3. The van der Waals surface area contributed by atoms with Gasteiger partial charge in [-0.2, -0.15) is 4.98 Å². The number of aliphatic hydroxyl groups is 2. The average Bonchev–Trinajstić information content (AvgIpc) is 3.25. The van der Waals surface area contributed by atoms with Gasteiger partial charge in [0.05, 0.1) is 12.9 Å². The molecule has 7 N–H and O–H groups in total. The van der Waals surface area contributed by atoms with E-state index >= 15 is 0 Å². The Kier molecular flexibility index (Phi) is 5.90. The molecule has 5 atom stereocenters. The highest BCUT2D eigenvalue weighted by molar-refractivity contribution is 7.50. The van der Waals surface area contributed by atoms with Gasteiger partial charge >= 0.3 is 7.75 Å². The monoisotopic (exact) mass is 466 g/mol. The standard InChI is InChI=1S/C18H23N6O7P/c1-18(27)13(25)11(8-30-32(28,29)21-7-10-5-3-2-4-6-10)31-16(18)24-9-20-12-14(24)22-17(19)23-15(12)26/h2-6,9,11,13,16,25,27H,7-8H2,1H3,(H2,21,28,29)(H3,19,22,23,26)/t11-,13?,16-,18?/m1/s1. The minimum atomic E-state index is -4.23. The van der Waals surface area contributed by atoms with Crippen LogP contribution in [0.4, 0.5) is 5.95 Å². The molecule has 13 nitrogen and oxygen atoms in total. The molecule has 1 saturated heterocycles. The van der Waals surface area contributed by atoms with Gasteiger partial charge in [-0.05, 0) is 12.5 Å². The number of aliphatic hydroxyl groups excluding tert-OH is 1. The highest BCUT2D eigenvalue weighted by Crippen LogP contribution is 2.42. The van der Waals surface area contributed by atoms with Gasteiger partial charge in [0.1, 0.15) is 17.8 Å². The van der Waals surface area contributed by atoms with Crippen LogP contribution in [0.2, 0.25) is 0 Å². The number of nitrogens with zero attached hydrogens (tertiary/aromatic N) is 3. The van der Waals surface area contributed by atoms with Crippen LogP contribution in [0.5, 0.6) is 0 Å². The molecule has 1 aromatic carbocycles. The van der Waals surface area contributed by atoms with Gasteiger partial charge in [-0.1, -0.05) is 30.3 Å². The number of benzene rings is 1. The van der Waals surface area contributed by atoms with E-state index in [0.29, 0.717) is 0 Å². The van der Waals surface area contributed by atoms with Crippen molar-refractivity contribution in [3.8, 4) is 0 Å². The molecular formula is C18H23N6O7P. The van der Waals surface area contributed by atoms with Crippen molar-refractivity contribution in [3.63, 3.8) is 0 Å². The molecule has 0 bridgehead atoms. The van der Waals surface area contributed by atoms with E-state index in [1.807, 2.05) is 6.07 Å². The lowest BCUT2D eigenvalue weighted by atomic mass is 9.96. The Morgan fingerprint density at radius 1 is 1.41 bits per heavy atom. The number of ether oxygens (including phenoxy) is 1. The Morgan fingerprint density at radius 3 is 2.84 bits per heavy atom. The average molecular weight is 466 g/mol. The van der Waals surface area contributed by atoms with E-state index in [-0.39, 0.29) is 23.7 Å². The van der Waals surface area contributed by atoms with Gasteiger partial charge in [-0.25, -0.2) is 14.6 Å². The molecule has 3 unspecified atom stereocenters. The van der Waals surface area contributed by atoms with Gasteiger partial charge in [0, 0.05) is 6.54 Å². The van der Waals surface area contributed by atoms with E-state index in [2.05, 4.69) is 20.0 Å². The third-order valence-electron chi connectivity index (χ3n) is 5.20. The minimum Gasteiger partial charge on any atom is -0.387 e. The molecule has 1 aliphatic rings. The maximum absolute atomic E-state index is 12.3. The summed E-state index contributed by atoms with van der Waals surface area (Å²) in [6, 6.07) is 8.96. The Labute approximate surface area is 181 Å². The Bertz CT molecular complexity index is 1210. The molecule has 0 saturated carbocycles. The summed E-state index contributed by atoms with van der Waals surface area (Å²) in [6.45, 7) is 0.911. The van der Waals surface area contributed by atoms with E-state index in [9.17, 15) is 24.5 Å². The van der Waals surface area contributed by atoms with Crippen LogP contribution in [0.1, 0.15) is 18.7 Å². The Morgan fingerprint density at radius 2 is 2.12 bits per heavy atom. The highest BCUT2D eigenvalue weighted by Gasteiger charge is 2.54. The molecule has 32 heavy (non-hydrogen) atoms. The number of nitrogens with two attached hydrogens (primary N) is 1. The van der Waals surface area contributed by atoms with Crippen LogP contribution < -0.4 is 16.4 Å². The van der Waals surface area contributed by atoms with Crippen LogP contribution >= 0.6 is 7.75 Å². The first-order valence-corrected chi connectivity index (χ1v) is 11.2. The van der Waals surface area contributed by atoms with E-state index in [1.165, 1.54) is 17.8 Å². The summed E-state index contributed by atoms with van der Waals surface area (Å²) in [5.74, 6) is -0.159. The first-order chi connectivity index (χ1) is 15.1. The summed E-state index contributed by atoms with van der Waals surface area (Å²) in [5, 5.41) is 23.9. The molecule has 172 valence electrons. The number of imidazole rings is 1. The zero-order chi connectivity index (χ0) is 23.1. The molecule has 1 fully saturated rings. The number of hydrogen-bond donors (Lipinski definition) is 6. The van der Waals surface area contributed by atoms with Crippen LogP contribution in [-0.2, 0) is 20.4 Å². The topological polar surface area (TPSA) is 198 Å². The van der Waals surface area contributed by atoms with Gasteiger partial charge in [-0.15, -0.1) is 0 Å². The van der Waals surface area contributed by atoms with Crippen molar-refractivity contribution in [3.05, 3.63) is 52.6 Å². The normalized spacial score (nSPS) is 27.6. The first kappa shape index (κ1) is 22.6. The number of H-pyrrole nitrogens is 1. The fourth-order valence-corrected chi connectivity index (χ4v) is 4.32. The van der Waals surface area contributed by atoms with Gasteiger partial charge < -0.3 is 25.6 Å². The fraction of sp³-hybridized carbons (Fsp3) is 0.389. The van der Waals surface area contributed by atoms with Crippen LogP contribution in [0.3, 0.4) is 0 Å². The first-order valence-electron chi connectivity index (χ1n) is 9.63. The van der Waals surface area contributed by atoms with Gasteiger partial charge in [0.2, 0.25) is 5.95 Å². The molecule has 0 radical (unpaired) electrons. The molecule has 0 amide bonds. The second-order valence-corrected chi connectivity index (χ2v) is 9.22. The van der Waals surface area contributed by atoms with Crippen molar-refractivity contribution in [1.29, 1.82) is 0 Å². The lowest BCUT2D eigenvalue weighted by molar-refractivity contribution is -0.0948. The molecule has 4 rings (SSSR count). The summed E-state index contributed by atoms with van der Waals surface area (Å²) in [7, 11) is -4.23. The van der Waals surface area contributed by atoms with Crippen LogP contribution in [-0.4, -0.2) is 59.0 Å². The number of nitrogens with one attached hydrogen (secondary N) is 2. The minimum absolute atomic E-state index is 0.0299. The second kappa shape index (κ2) is 8.37. The van der Waals surface area contributed by atoms with Crippen molar-refractivity contribution >= 4 is 24.9 Å². The van der Waals surface area contributed by atoms with Crippen LogP contribution in [0, 0.1) is 0 Å². The van der Waals surface area contributed by atoms with Gasteiger partial charge in [0.25, 0.3) is 5.56 Å². The van der Waals surface area contributed by atoms with Gasteiger partial charge in [0.15, 0.2) is 17.4 Å². The quantitative estimate of drug-likeness (QED) is 0.248. The van der Waals surface area contributed by atoms with Crippen molar-refractivity contribution < 1.29 is 28.9 Å². The molecule has 3 heterocycles. The van der Waals surface area contributed by atoms with E-state index < -0.39 is 43.9 Å². The lowest BCUT2D eigenvalue weighted by Crippen LogP contribution is -2.44. The number of aromatic amines is 1. The molecular weight excluding hydrogens is 443 g/mol.